The Bertz CT molecular complexity index is 994. The molecular weight excluding hydrogens is 646 g/mol. The van der Waals surface area contributed by atoms with Crippen molar-refractivity contribution in [2.75, 3.05) is 33.0 Å². The number of aliphatic hydroxyl groups excluding tert-OH is 12. The highest BCUT2D eigenvalue weighted by atomic mass is 16.8. The fourth-order valence-corrected chi connectivity index (χ4v) is 5.88. The van der Waals surface area contributed by atoms with E-state index in [1.807, 2.05) is 0 Å². The van der Waals surface area contributed by atoms with Gasteiger partial charge >= 0.3 is 0 Å². The van der Waals surface area contributed by atoms with Crippen LogP contribution >= 0.6 is 0 Å². The first-order chi connectivity index (χ1) is 22.3. The molecule has 19 atom stereocenters. The molecule has 47 heavy (non-hydrogen) atoms. The Labute approximate surface area is 267 Å². The van der Waals surface area contributed by atoms with Gasteiger partial charge in [0.25, 0.3) is 0 Å². The zero-order chi connectivity index (χ0) is 34.7. The maximum Gasteiger partial charge on any atom is 0.217 e. The monoisotopic (exact) mass is 691 g/mol. The normalized spacial score (nSPS) is 49.4. The van der Waals surface area contributed by atoms with E-state index in [9.17, 15) is 66.1 Å². The molecule has 4 heterocycles. The van der Waals surface area contributed by atoms with Crippen LogP contribution in [0.1, 0.15) is 6.92 Å². The van der Waals surface area contributed by atoms with Crippen LogP contribution in [0, 0.1) is 0 Å². The second-order valence-electron chi connectivity index (χ2n) is 11.8. The van der Waals surface area contributed by atoms with Gasteiger partial charge in [-0.1, -0.05) is 0 Å². The Morgan fingerprint density at radius 2 is 1.04 bits per heavy atom. The molecule has 0 saturated carbocycles. The van der Waals surface area contributed by atoms with Gasteiger partial charge in [0.2, 0.25) is 5.91 Å². The Hall–Kier alpha value is -1.29. The average Bonchev–Trinajstić information content (AvgIpc) is 3.04. The summed E-state index contributed by atoms with van der Waals surface area (Å²) in [6.45, 7) is -2.48. The summed E-state index contributed by atoms with van der Waals surface area (Å²) >= 11 is 0. The average molecular weight is 692 g/mol. The SMILES string of the molecule is CC(=O)NC1C(O[C@@H]2OC(CO)[C@H](O)C(O)C2O)[C@@H](O)C(CO)O[C@H]1OC1C(O)[C@H](O[C@@H]2C(CO)OCC(O)C2O)OC(CO)[C@@H]1O. The van der Waals surface area contributed by atoms with E-state index in [0.29, 0.717) is 0 Å². The van der Waals surface area contributed by atoms with E-state index in [1.54, 1.807) is 0 Å². The number of carbonyl (C=O) groups excluding carboxylic acids is 1. The lowest BCUT2D eigenvalue weighted by molar-refractivity contribution is -0.374. The van der Waals surface area contributed by atoms with E-state index < -0.39 is 149 Å². The van der Waals surface area contributed by atoms with Gasteiger partial charge in [0.05, 0.1) is 33.0 Å². The number of aliphatic hydroxyl groups is 12. The molecule has 12 unspecified atom stereocenters. The first kappa shape index (κ1) is 38.5. The Morgan fingerprint density at radius 1 is 0.574 bits per heavy atom. The zero-order valence-corrected chi connectivity index (χ0v) is 25.1. The minimum Gasteiger partial charge on any atom is -0.394 e. The first-order valence-electron chi connectivity index (χ1n) is 15.0. The van der Waals surface area contributed by atoms with Crippen molar-refractivity contribution in [1.82, 2.24) is 5.32 Å². The molecule has 21 nitrogen and oxygen atoms in total. The van der Waals surface area contributed by atoms with Crippen molar-refractivity contribution in [2.45, 2.75) is 123 Å². The van der Waals surface area contributed by atoms with Crippen LogP contribution in [0.25, 0.3) is 0 Å². The van der Waals surface area contributed by atoms with Gasteiger partial charge in [-0.25, -0.2) is 0 Å². The number of ether oxygens (including phenoxy) is 7. The van der Waals surface area contributed by atoms with E-state index >= 15 is 0 Å². The molecule has 0 spiro atoms. The largest absolute Gasteiger partial charge is 0.394 e. The predicted molar refractivity (Wildman–Crippen MR) is 144 cm³/mol. The van der Waals surface area contributed by atoms with Crippen LogP contribution in [0.2, 0.25) is 0 Å². The lowest BCUT2D eigenvalue weighted by Crippen LogP contribution is -2.70. The van der Waals surface area contributed by atoms with Crippen molar-refractivity contribution >= 4 is 5.91 Å². The fourth-order valence-electron chi connectivity index (χ4n) is 5.88. The predicted octanol–water partition coefficient (Wildman–Crippen LogP) is -8.92. The van der Waals surface area contributed by atoms with Gasteiger partial charge in [0.1, 0.15) is 97.6 Å². The number of nitrogens with one attached hydrogen (secondary N) is 1. The van der Waals surface area contributed by atoms with Crippen molar-refractivity contribution in [2.24, 2.45) is 0 Å². The van der Waals surface area contributed by atoms with Crippen LogP contribution in [-0.2, 0) is 38.0 Å². The van der Waals surface area contributed by atoms with Crippen LogP contribution in [0.5, 0.6) is 0 Å². The molecule has 0 radical (unpaired) electrons. The highest BCUT2D eigenvalue weighted by molar-refractivity contribution is 5.73. The molecule has 21 heteroatoms. The van der Waals surface area contributed by atoms with Crippen molar-refractivity contribution in [3.05, 3.63) is 0 Å². The van der Waals surface area contributed by atoms with Gasteiger partial charge in [0.15, 0.2) is 18.9 Å². The summed E-state index contributed by atoms with van der Waals surface area (Å²) < 4.78 is 39.1. The Morgan fingerprint density at radius 3 is 1.60 bits per heavy atom. The van der Waals surface area contributed by atoms with Crippen molar-refractivity contribution in [1.29, 1.82) is 0 Å². The van der Waals surface area contributed by atoms with Crippen molar-refractivity contribution < 1.29 is 99.2 Å². The molecule has 0 aliphatic carbocycles. The highest BCUT2D eigenvalue weighted by Crippen LogP contribution is 2.34. The topological polar surface area (TPSA) is 336 Å². The summed E-state index contributed by atoms with van der Waals surface area (Å²) in [5, 5.41) is 126. The standard InChI is InChI=1S/C26H45NO20/c1-7(32)27-13-22(46-25-19(39)18(38)15(35)9(2-28)43-25)16(36)10(3-29)42-24(13)47-23-17(37)11(4-30)44-26(20(23)40)45-21-12(5-31)41-6-8(33)14(21)34/h8-26,28-31,33-40H,2-6H2,1H3,(H,27,32)/t8?,9?,10?,11?,12?,13?,14?,15-,16-,17-,18?,19?,20?,21+,22?,23?,24-,25-,26-/m0/s1. The van der Waals surface area contributed by atoms with Gasteiger partial charge in [0, 0.05) is 6.92 Å². The molecule has 13 N–H and O–H groups in total. The molecule has 4 fully saturated rings. The minimum absolute atomic E-state index is 0.335. The van der Waals surface area contributed by atoms with E-state index in [1.165, 1.54) is 0 Å². The molecule has 274 valence electrons. The maximum absolute atomic E-state index is 12.3. The van der Waals surface area contributed by atoms with Gasteiger partial charge in [-0.3, -0.25) is 4.79 Å². The molecule has 4 rings (SSSR count). The zero-order valence-electron chi connectivity index (χ0n) is 25.1. The van der Waals surface area contributed by atoms with Crippen LogP contribution in [-0.4, -0.2) is 217 Å². The van der Waals surface area contributed by atoms with Gasteiger partial charge in [-0.2, -0.15) is 0 Å². The summed E-state index contributed by atoms with van der Waals surface area (Å²) in [6, 6.07) is -1.57. The molecular formula is C26H45NO20. The molecule has 1 amide bonds. The van der Waals surface area contributed by atoms with Crippen LogP contribution in [0.15, 0.2) is 0 Å². The lowest BCUT2D eigenvalue weighted by atomic mass is 9.94. The first-order valence-corrected chi connectivity index (χ1v) is 15.0. The number of hydrogen-bond donors (Lipinski definition) is 13. The summed E-state index contributed by atoms with van der Waals surface area (Å²) in [6.07, 6.45) is -30.2. The molecule has 0 bridgehead atoms. The smallest absolute Gasteiger partial charge is 0.217 e. The van der Waals surface area contributed by atoms with Gasteiger partial charge < -0.3 is 99.8 Å². The third-order valence-corrected chi connectivity index (χ3v) is 8.53. The molecule has 0 aromatic carbocycles. The van der Waals surface area contributed by atoms with E-state index in [-0.39, 0.29) is 6.61 Å². The second-order valence-corrected chi connectivity index (χ2v) is 11.8. The Kier molecular flexibility index (Phi) is 13.6. The molecule has 4 aliphatic heterocycles. The van der Waals surface area contributed by atoms with Gasteiger partial charge in [-0.15, -0.1) is 0 Å². The highest BCUT2D eigenvalue weighted by Gasteiger charge is 2.55. The summed E-state index contributed by atoms with van der Waals surface area (Å²) in [4.78, 5) is 12.3. The third-order valence-electron chi connectivity index (χ3n) is 8.53. The molecule has 4 aliphatic rings. The van der Waals surface area contributed by atoms with Crippen LogP contribution in [0.4, 0.5) is 0 Å². The molecule has 0 aromatic heterocycles. The third kappa shape index (κ3) is 8.20. The quantitative estimate of drug-likeness (QED) is 0.0956. The van der Waals surface area contributed by atoms with Crippen LogP contribution < -0.4 is 5.32 Å². The number of hydrogen-bond acceptors (Lipinski definition) is 20. The van der Waals surface area contributed by atoms with Crippen molar-refractivity contribution in [3.8, 4) is 0 Å². The lowest BCUT2D eigenvalue weighted by Gasteiger charge is -2.50. The summed E-state index contributed by atoms with van der Waals surface area (Å²) in [5.41, 5.74) is 0. The minimum atomic E-state index is -1.97. The number of rotatable bonds is 11. The molecule has 4 saturated heterocycles. The summed E-state index contributed by atoms with van der Waals surface area (Å²) in [7, 11) is 0. The van der Waals surface area contributed by atoms with Gasteiger partial charge in [-0.05, 0) is 0 Å². The fraction of sp³-hybridized carbons (Fsp3) is 0.962. The number of amides is 1. The Balaban J connectivity index is 1.61. The van der Waals surface area contributed by atoms with E-state index in [4.69, 9.17) is 33.2 Å². The summed E-state index contributed by atoms with van der Waals surface area (Å²) in [5.74, 6) is -0.744. The van der Waals surface area contributed by atoms with Crippen LogP contribution in [0.3, 0.4) is 0 Å². The van der Waals surface area contributed by atoms with E-state index in [2.05, 4.69) is 5.32 Å². The second kappa shape index (κ2) is 16.6. The molecule has 0 aromatic rings. The maximum atomic E-state index is 12.3. The number of carbonyl (C=O) groups is 1. The van der Waals surface area contributed by atoms with Crippen molar-refractivity contribution in [3.63, 3.8) is 0 Å². The van der Waals surface area contributed by atoms with E-state index in [0.717, 1.165) is 6.92 Å².